The van der Waals surface area contributed by atoms with Crippen molar-refractivity contribution in [3.8, 4) is 11.3 Å². The number of ether oxygens (including phenoxy) is 4. The molecular formula is C33H44N2O6. The van der Waals surface area contributed by atoms with Crippen molar-refractivity contribution in [3.63, 3.8) is 0 Å². The van der Waals surface area contributed by atoms with E-state index in [1.807, 2.05) is 45.0 Å². The molecule has 222 valence electrons. The van der Waals surface area contributed by atoms with E-state index in [-0.39, 0.29) is 18.5 Å². The van der Waals surface area contributed by atoms with Crippen molar-refractivity contribution < 1.29 is 28.5 Å². The predicted molar refractivity (Wildman–Crippen MR) is 160 cm³/mol. The number of benzene rings is 2. The summed E-state index contributed by atoms with van der Waals surface area (Å²) in [5.74, 6) is -0.273. The van der Waals surface area contributed by atoms with Gasteiger partial charge in [0.1, 0.15) is 5.60 Å². The van der Waals surface area contributed by atoms with Gasteiger partial charge in [-0.3, -0.25) is 4.79 Å². The summed E-state index contributed by atoms with van der Waals surface area (Å²) in [7, 11) is 4.67. The molecule has 0 unspecified atom stereocenters. The van der Waals surface area contributed by atoms with E-state index in [1.54, 1.807) is 14.2 Å². The minimum Gasteiger partial charge on any atom is -0.465 e. The molecule has 0 spiro atoms. The van der Waals surface area contributed by atoms with Gasteiger partial charge in [-0.05, 0) is 62.8 Å². The zero-order valence-corrected chi connectivity index (χ0v) is 25.2. The molecule has 1 saturated carbocycles. The van der Waals surface area contributed by atoms with Gasteiger partial charge in [0.2, 0.25) is 0 Å². The average molecular weight is 565 g/mol. The third kappa shape index (κ3) is 7.36. The highest BCUT2D eigenvalue weighted by molar-refractivity contribution is 5.99. The van der Waals surface area contributed by atoms with Crippen LogP contribution < -0.4 is 5.32 Å². The number of fused-ring (bicyclic) bond motifs is 1. The molecule has 1 aromatic heterocycles. The van der Waals surface area contributed by atoms with Crippen LogP contribution in [0.25, 0.3) is 22.2 Å². The quantitative estimate of drug-likeness (QED) is 0.219. The van der Waals surface area contributed by atoms with Crippen LogP contribution >= 0.6 is 0 Å². The highest BCUT2D eigenvalue weighted by Gasteiger charge is 2.29. The van der Waals surface area contributed by atoms with E-state index < -0.39 is 11.9 Å². The van der Waals surface area contributed by atoms with Crippen LogP contribution in [0.4, 0.5) is 0 Å². The van der Waals surface area contributed by atoms with Crippen molar-refractivity contribution in [2.45, 2.75) is 83.8 Å². The Bertz CT molecular complexity index is 1350. The summed E-state index contributed by atoms with van der Waals surface area (Å²) in [4.78, 5) is 24.9. The third-order valence-electron chi connectivity index (χ3n) is 7.67. The van der Waals surface area contributed by atoms with E-state index in [2.05, 4.69) is 28.1 Å². The molecule has 8 nitrogen and oxygen atoms in total. The van der Waals surface area contributed by atoms with Gasteiger partial charge >= 0.3 is 11.9 Å². The van der Waals surface area contributed by atoms with Gasteiger partial charge in [0.15, 0.2) is 6.29 Å². The molecule has 1 aliphatic carbocycles. The number of carbonyl (C=O) groups excluding carboxylic acids is 2. The Labute approximate surface area is 243 Å². The first-order valence-corrected chi connectivity index (χ1v) is 14.5. The fourth-order valence-corrected chi connectivity index (χ4v) is 5.88. The van der Waals surface area contributed by atoms with Gasteiger partial charge in [-0.25, -0.2) is 4.79 Å². The largest absolute Gasteiger partial charge is 0.465 e. The third-order valence-corrected chi connectivity index (χ3v) is 7.67. The number of esters is 2. The van der Waals surface area contributed by atoms with Crippen LogP contribution in [0.2, 0.25) is 0 Å². The molecule has 0 saturated heterocycles. The molecular weight excluding hydrogens is 520 g/mol. The SMILES string of the molecule is COC(=O)c1ccc2c(C3CCCCC3)c(-c3ccccc3CNCC(=O)OC(C)(C)C)n(CC(OC)OC)c2c1. The van der Waals surface area contributed by atoms with Crippen LogP contribution in [0, 0.1) is 0 Å². The molecule has 0 radical (unpaired) electrons. The first-order valence-electron chi connectivity index (χ1n) is 14.5. The summed E-state index contributed by atoms with van der Waals surface area (Å²) in [6.07, 6.45) is 5.37. The number of carbonyl (C=O) groups is 2. The fraction of sp³-hybridized carbons (Fsp3) is 0.515. The number of hydrogen-bond acceptors (Lipinski definition) is 7. The molecule has 3 aromatic rings. The van der Waals surface area contributed by atoms with Gasteiger partial charge in [0, 0.05) is 37.2 Å². The second-order valence-electron chi connectivity index (χ2n) is 11.7. The Balaban J connectivity index is 1.87. The van der Waals surface area contributed by atoms with E-state index >= 15 is 0 Å². The molecule has 0 bridgehead atoms. The van der Waals surface area contributed by atoms with Crippen LogP contribution in [0.3, 0.4) is 0 Å². The van der Waals surface area contributed by atoms with Crippen molar-refractivity contribution in [1.29, 1.82) is 0 Å². The van der Waals surface area contributed by atoms with Gasteiger partial charge in [0.05, 0.1) is 31.5 Å². The summed E-state index contributed by atoms with van der Waals surface area (Å²) in [5, 5.41) is 4.41. The van der Waals surface area contributed by atoms with E-state index in [0.717, 1.165) is 40.6 Å². The highest BCUT2D eigenvalue weighted by Crippen LogP contribution is 2.45. The number of nitrogens with zero attached hydrogens (tertiary/aromatic N) is 1. The van der Waals surface area contributed by atoms with Crippen LogP contribution in [0.15, 0.2) is 42.5 Å². The lowest BCUT2D eigenvalue weighted by Crippen LogP contribution is -2.31. The number of methoxy groups -OCH3 is 3. The average Bonchev–Trinajstić information content (AvgIpc) is 3.28. The van der Waals surface area contributed by atoms with Crippen LogP contribution in [0.5, 0.6) is 0 Å². The van der Waals surface area contributed by atoms with E-state index in [0.29, 0.717) is 24.6 Å². The number of rotatable bonds is 11. The Kier molecular flexibility index (Phi) is 10.2. The summed E-state index contributed by atoms with van der Waals surface area (Å²) < 4.78 is 24.1. The Morgan fingerprint density at radius 3 is 2.37 bits per heavy atom. The van der Waals surface area contributed by atoms with Crippen molar-refractivity contribution in [2.24, 2.45) is 0 Å². The lowest BCUT2D eigenvalue weighted by molar-refractivity contribution is -0.153. The van der Waals surface area contributed by atoms with Crippen molar-refractivity contribution in [3.05, 3.63) is 59.2 Å². The van der Waals surface area contributed by atoms with E-state index in [1.165, 1.54) is 31.9 Å². The first-order chi connectivity index (χ1) is 19.7. The Hall–Kier alpha value is -3.20. The zero-order chi connectivity index (χ0) is 29.6. The molecule has 1 N–H and O–H groups in total. The maximum absolute atomic E-state index is 12.6. The minimum atomic E-state index is -0.533. The van der Waals surface area contributed by atoms with Crippen LogP contribution in [-0.2, 0) is 36.8 Å². The number of aromatic nitrogens is 1. The van der Waals surface area contributed by atoms with Gasteiger partial charge < -0.3 is 28.8 Å². The Morgan fingerprint density at radius 1 is 1.00 bits per heavy atom. The summed E-state index contributed by atoms with van der Waals surface area (Å²) in [6.45, 7) is 6.64. The van der Waals surface area contributed by atoms with E-state index in [4.69, 9.17) is 18.9 Å². The lowest BCUT2D eigenvalue weighted by Gasteiger charge is -2.25. The second-order valence-corrected chi connectivity index (χ2v) is 11.7. The first kappa shape index (κ1) is 30.8. The maximum Gasteiger partial charge on any atom is 0.337 e. The number of nitrogens with one attached hydrogen (secondary N) is 1. The van der Waals surface area contributed by atoms with Gasteiger partial charge in [-0.15, -0.1) is 0 Å². The molecule has 1 fully saturated rings. The van der Waals surface area contributed by atoms with Crippen LogP contribution in [0.1, 0.15) is 80.3 Å². The standard InChI is InChI=1S/C33H44N2O6/c1-33(2,3)41-28(36)20-34-19-24-14-10-11-15-25(24)31-30(22-12-8-7-9-13-22)26-17-16-23(32(37)40-6)18-27(26)35(31)21-29(38-4)39-5/h10-11,14-18,22,29,34H,7-9,12-13,19-21H2,1-6H3. The number of hydrogen-bond donors (Lipinski definition) is 1. The Morgan fingerprint density at radius 2 is 1.71 bits per heavy atom. The normalized spacial score (nSPS) is 14.5. The molecule has 8 heteroatoms. The topological polar surface area (TPSA) is 88.0 Å². The van der Waals surface area contributed by atoms with E-state index in [9.17, 15) is 9.59 Å². The molecule has 1 aliphatic rings. The van der Waals surface area contributed by atoms with Crippen molar-refractivity contribution >= 4 is 22.8 Å². The fourth-order valence-electron chi connectivity index (χ4n) is 5.88. The molecule has 1 heterocycles. The van der Waals surface area contributed by atoms with Gasteiger partial charge in [-0.2, -0.15) is 0 Å². The van der Waals surface area contributed by atoms with Crippen LogP contribution in [-0.4, -0.2) is 56.3 Å². The predicted octanol–water partition coefficient (Wildman–Crippen LogP) is 6.19. The summed E-state index contributed by atoms with van der Waals surface area (Å²) in [6, 6.07) is 14.1. The summed E-state index contributed by atoms with van der Waals surface area (Å²) >= 11 is 0. The summed E-state index contributed by atoms with van der Waals surface area (Å²) in [5.41, 5.74) is 5.44. The smallest absolute Gasteiger partial charge is 0.337 e. The van der Waals surface area contributed by atoms with Crippen molar-refractivity contribution in [1.82, 2.24) is 9.88 Å². The monoisotopic (exact) mass is 564 g/mol. The van der Waals surface area contributed by atoms with Gasteiger partial charge in [0.25, 0.3) is 0 Å². The molecule has 0 amide bonds. The highest BCUT2D eigenvalue weighted by atomic mass is 16.7. The van der Waals surface area contributed by atoms with Gasteiger partial charge in [-0.1, -0.05) is 49.6 Å². The lowest BCUT2D eigenvalue weighted by atomic mass is 9.81. The molecule has 4 rings (SSSR count). The zero-order valence-electron chi connectivity index (χ0n) is 25.2. The second kappa shape index (κ2) is 13.6. The molecule has 0 aliphatic heterocycles. The maximum atomic E-state index is 12.6. The molecule has 0 atom stereocenters. The molecule has 41 heavy (non-hydrogen) atoms. The minimum absolute atomic E-state index is 0.113. The molecule has 2 aromatic carbocycles. The van der Waals surface area contributed by atoms with Crippen molar-refractivity contribution in [2.75, 3.05) is 27.9 Å².